The number of imidazole rings is 1. The molecule has 0 saturated carbocycles. The monoisotopic (exact) mass is 722 g/mol. The van der Waals surface area contributed by atoms with Crippen molar-refractivity contribution in [1.82, 2.24) is 30.0 Å². The molecule has 0 radical (unpaired) electrons. The maximum Gasteiger partial charge on any atom is 0.212 e. The lowest BCUT2D eigenvalue weighted by Crippen LogP contribution is -2.28. The van der Waals surface area contributed by atoms with Gasteiger partial charge in [0.05, 0.1) is 39.9 Å². The molecular weight excluding hydrogens is 676 g/mol. The summed E-state index contributed by atoms with van der Waals surface area (Å²) in [5.41, 5.74) is 9.43. The van der Waals surface area contributed by atoms with Gasteiger partial charge >= 0.3 is 0 Å². The van der Waals surface area contributed by atoms with Gasteiger partial charge in [-0.05, 0) is 107 Å². The average Bonchev–Trinajstić information content (AvgIpc) is 3.71. The molecule has 2 aliphatic rings. The highest BCUT2D eigenvalue weighted by Crippen LogP contribution is 2.24. The van der Waals surface area contributed by atoms with E-state index < -0.39 is 0 Å². The van der Waals surface area contributed by atoms with E-state index in [4.69, 9.17) is 26.1 Å². The summed E-state index contributed by atoms with van der Waals surface area (Å²) in [6.07, 6.45) is 14.3. The molecule has 3 N–H and O–H groups in total. The Morgan fingerprint density at radius 1 is 1.21 bits per heavy atom. The van der Waals surface area contributed by atoms with E-state index in [1.54, 1.807) is 12.3 Å². The number of hydrogen-bond donors (Lipinski definition) is 3. The summed E-state index contributed by atoms with van der Waals surface area (Å²) in [5.74, 6) is 1.49. The third-order valence-corrected chi connectivity index (χ3v) is 8.93. The largest absolute Gasteiger partial charge is 0.471 e. The fourth-order valence-electron chi connectivity index (χ4n) is 5.62. The zero-order valence-electron chi connectivity index (χ0n) is 30.3. The molecule has 0 aliphatic carbocycles. The Kier molecular flexibility index (Phi) is 13.9. The van der Waals surface area contributed by atoms with Gasteiger partial charge in [-0.3, -0.25) is 19.8 Å². The number of allylic oxidation sites excluding steroid dienone is 3. The topological polar surface area (TPSA) is 133 Å². The van der Waals surface area contributed by atoms with Gasteiger partial charge in [-0.25, -0.2) is 9.98 Å². The molecule has 1 atom stereocenters. The van der Waals surface area contributed by atoms with Crippen molar-refractivity contribution in [1.29, 1.82) is 0 Å². The number of fused-ring (bicyclic) bond motifs is 2. The third-order valence-electron chi connectivity index (χ3n) is 8.71. The van der Waals surface area contributed by atoms with Crippen LogP contribution < -0.4 is 5.32 Å². The Morgan fingerprint density at radius 2 is 2.04 bits per heavy atom. The number of pyridine rings is 1. The Hall–Kier alpha value is -5.10. The number of carbonyl (C=O) groups is 1. The Labute approximate surface area is 309 Å². The van der Waals surface area contributed by atoms with E-state index in [0.29, 0.717) is 30.0 Å². The van der Waals surface area contributed by atoms with Gasteiger partial charge in [-0.2, -0.15) is 5.10 Å². The maximum atomic E-state index is 10.3. The smallest absolute Gasteiger partial charge is 0.212 e. The zero-order chi connectivity index (χ0) is 36.9. The number of nitrogens with one attached hydrogen (secondary N) is 3. The summed E-state index contributed by atoms with van der Waals surface area (Å²) in [4.78, 5) is 29.0. The summed E-state index contributed by atoms with van der Waals surface area (Å²) in [6.45, 7) is 15.8. The Balaban J connectivity index is 0.000000224. The summed E-state index contributed by atoms with van der Waals surface area (Å²) < 4.78 is 10.6. The van der Waals surface area contributed by atoms with Crippen molar-refractivity contribution in [2.24, 2.45) is 4.99 Å². The summed E-state index contributed by atoms with van der Waals surface area (Å²) in [6, 6.07) is 13.7. The van der Waals surface area contributed by atoms with E-state index in [-0.39, 0.29) is 0 Å². The Bertz CT molecular complexity index is 2040. The first-order chi connectivity index (χ1) is 25.2. The number of ether oxygens (including phenoxy) is 2. The maximum absolute atomic E-state index is 10.3. The van der Waals surface area contributed by atoms with Crippen molar-refractivity contribution in [2.45, 2.75) is 66.2 Å². The number of aliphatic imine (C=N–C) groups is 1. The lowest BCUT2D eigenvalue weighted by Gasteiger charge is -2.25. The number of aryl methyl sites for hydroxylation is 3. The van der Waals surface area contributed by atoms with Crippen molar-refractivity contribution >= 4 is 52.4 Å². The van der Waals surface area contributed by atoms with E-state index in [9.17, 15) is 4.79 Å². The molecule has 5 heterocycles. The first-order valence-corrected chi connectivity index (χ1v) is 17.8. The Morgan fingerprint density at radius 3 is 2.71 bits per heavy atom. The van der Waals surface area contributed by atoms with Crippen molar-refractivity contribution in [2.75, 3.05) is 25.0 Å². The van der Waals surface area contributed by atoms with Crippen LogP contribution in [0.4, 0.5) is 5.69 Å². The number of halogens is 1. The molecule has 272 valence electrons. The van der Waals surface area contributed by atoms with Crippen LogP contribution in [0.2, 0.25) is 5.02 Å². The minimum Gasteiger partial charge on any atom is -0.471 e. The van der Waals surface area contributed by atoms with Crippen molar-refractivity contribution in [3.63, 3.8) is 0 Å². The molecule has 0 bridgehead atoms. The number of H-pyrrole nitrogens is 2. The number of benzene rings is 2. The van der Waals surface area contributed by atoms with Crippen LogP contribution >= 0.6 is 11.6 Å². The van der Waals surface area contributed by atoms with Crippen molar-refractivity contribution in [3.05, 3.63) is 118 Å². The molecule has 12 heteroatoms. The third kappa shape index (κ3) is 11.2. The molecule has 3 aromatic heterocycles. The number of carbonyl (C=O) groups excluding carboxylic acids is 1. The van der Waals surface area contributed by atoms with Crippen LogP contribution in [0.15, 0.2) is 89.4 Å². The molecule has 11 nitrogen and oxygen atoms in total. The van der Waals surface area contributed by atoms with Crippen LogP contribution in [0.5, 0.6) is 0 Å². The van der Waals surface area contributed by atoms with E-state index >= 15 is 0 Å². The number of amides is 1. The summed E-state index contributed by atoms with van der Waals surface area (Å²) in [7, 11) is 0. The second-order valence-corrected chi connectivity index (χ2v) is 13.3. The van der Waals surface area contributed by atoms with Gasteiger partial charge in [0.15, 0.2) is 0 Å². The lowest BCUT2D eigenvalue weighted by molar-refractivity contribution is -0.105. The number of rotatable bonds is 11. The molecule has 1 amide bonds. The molecule has 1 saturated heterocycles. The minimum atomic E-state index is 0.321. The van der Waals surface area contributed by atoms with Crippen LogP contribution in [0.25, 0.3) is 21.9 Å². The normalized spacial score (nSPS) is 16.0. The van der Waals surface area contributed by atoms with Gasteiger partial charge in [0.25, 0.3) is 0 Å². The van der Waals surface area contributed by atoms with Gasteiger partial charge in [0.1, 0.15) is 12.4 Å². The highest BCUT2D eigenvalue weighted by molar-refractivity contribution is 6.30. The van der Waals surface area contributed by atoms with Gasteiger partial charge in [-0.1, -0.05) is 41.5 Å². The highest BCUT2D eigenvalue weighted by Gasteiger charge is 2.14. The van der Waals surface area contributed by atoms with Crippen LogP contribution in [0.3, 0.4) is 0 Å². The van der Waals surface area contributed by atoms with Crippen LogP contribution in [-0.2, 0) is 27.4 Å². The van der Waals surface area contributed by atoms with E-state index in [2.05, 4.69) is 86.3 Å². The molecule has 0 spiro atoms. The van der Waals surface area contributed by atoms with Gasteiger partial charge in [0, 0.05) is 42.7 Å². The molecule has 0 unspecified atom stereocenters. The quantitative estimate of drug-likeness (QED) is 0.0411. The molecule has 2 aliphatic heterocycles. The van der Waals surface area contributed by atoms with Gasteiger partial charge in [0.2, 0.25) is 12.3 Å². The SMILES string of the molecule is C=N/C(=C\C=C/CC1=CCN(Cc2nc3ccc(C)cc3[nH]2)CC1)OCc1ccc(Cl)cn1.C[C@@H]1CCO1.Cc1[nH]nc2c(C)cc(NC=O)cc12. The van der Waals surface area contributed by atoms with Crippen LogP contribution in [0.1, 0.15) is 54.5 Å². The summed E-state index contributed by atoms with van der Waals surface area (Å²) in [5, 5.41) is 11.4. The van der Waals surface area contributed by atoms with Gasteiger partial charge in [-0.15, -0.1) is 0 Å². The highest BCUT2D eigenvalue weighted by atomic mass is 35.5. The fourth-order valence-corrected chi connectivity index (χ4v) is 5.73. The first-order valence-electron chi connectivity index (χ1n) is 17.4. The minimum absolute atomic E-state index is 0.321. The second kappa shape index (κ2) is 18.9. The number of nitrogens with zero attached hydrogens (tertiary/aromatic N) is 5. The van der Waals surface area contributed by atoms with E-state index in [1.807, 2.05) is 44.2 Å². The second-order valence-electron chi connectivity index (χ2n) is 12.9. The summed E-state index contributed by atoms with van der Waals surface area (Å²) >= 11 is 5.85. The zero-order valence-corrected chi connectivity index (χ0v) is 31.0. The molecule has 7 rings (SSSR count). The molecule has 1 fully saturated rings. The van der Waals surface area contributed by atoms with Gasteiger partial charge < -0.3 is 19.8 Å². The predicted molar refractivity (Wildman–Crippen MR) is 210 cm³/mol. The van der Waals surface area contributed by atoms with Crippen LogP contribution in [-0.4, -0.2) is 69.0 Å². The standard InChI is InChI=1S/C26H28ClN5O.C10H11N3O.C4H8O/c1-19-7-10-23-24(15-19)31-25(30-23)17-32-13-11-20(12-14-32)5-3-4-6-26(28-2)33-18-22-9-8-21(27)16-29-22;1-6-3-8(11-5-14)4-9-7(2)12-13-10(6)9;1-4-2-3-5-4/h3-4,6-11,15-16H,2,5,12-14,17-18H2,1H3,(H,30,31);3-5H,1-2H3,(H,11,14)(H,12,13);4H,2-3H2,1H3/b4-3-,26-6+;;/t;;4-/m..1/s1. The predicted octanol–water partition coefficient (Wildman–Crippen LogP) is 8.30. The van der Waals surface area contributed by atoms with E-state index in [0.717, 1.165) is 89.5 Å². The first kappa shape index (κ1) is 38.1. The lowest BCUT2D eigenvalue weighted by atomic mass is 10.0. The number of aromatic nitrogens is 5. The molecular formula is C40H47ClN8O3. The molecule has 52 heavy (non-hydrogen) atoms. The molecule has 5 aromatic rings. The molecule has 2 aromatic carbocycles. The number of hydrogen-bond acceptors (Lipinski definition) is 8. The van der Waals surface area contributed by atoms with Crippen LogP contribution in [0, 0.1) is 20.8 Å². The van der Waals surface area contributed by atoms with Crippen molar-refractivity contribution < 1.29 is 14.3 Å². The number of anilines is 1. The average molecular weight is 723 g/mol. The fraction of sp³-hybridized carbons (Fsp3) is 0.325. The van der Waals surface area contributed by atoms with Crippen molar-refractivity contribution in [3.8, 4) is 0 Å². The van der Waals surface area contributed by atoms with E-state index in [1.165, 1.54) is 17.6 Å². The number of aromatic amines is 2.